The molecule has 24 heavy (non-hydrogen) atoms. The lowest BCUT2D eigenvalue weighted by molar-refractivity contribution is -0.137. The molecule has 3 nitrogen and oxygen atoms in total. The van der Waals surface area contributed by atoms with E-state index in [9.17, 15) is 13.2 Å². The molecule has 0 N–H and O–H groups in total. The van der Waals surface area contributed by atoms with Gasteiger partial charge in [0.1, 0.15) is 5.82 Å². The molecule has 1 aliphatic heterocycles. The van der Waals surface area contributed by atoms with Crippen molar-refractivity contribution in [1.82, 2.24) is 4.98 Å². The Balaban J connectivity index is 1.56. The van der Waals surface area contributed by atoms with E-state index >= 15 is 0 Å². The number of pyridine rings is 1. The number of hydrogen-bond donors (Lipinski definition) is 0. The highest BCUT2D eigenvalue weighted by Crippen LogP contribution is 2.34. The Morgan fingerprint density at radius 1 is 1.04 bits per heavy atom. The number of alkyl halides is 3. The van der Waals surface area contributed by atoms with E-state index in [1.807, 2.05) is 4.90 Å². The number of hydrogen-bond acceptors (Lipinski definition) is 3. The van der Waals surface area contributed by atoms with E-state index in [-0.39, 0.29) is 11.1 Å². The van der Waals surface area contributed by atoms with Gasteiger partial charge in [-0.1, -0.05) is 30.9 Å². The minimum absolute atomic E-state index is 0.0523. The molecule has 0 bridgehead atoms. The summed E-state index contributed by atoms with van der Waals surface area (Å²) >= 11 is 6.03. The monoisotopic (exact) mass is 362 g/mol. The third kappa shape index (κ3) is 4.33. The van der Waals surface area contributed by atoms with Crippen LogP contribution in [0.15, 0.2) is 12.3 Å². The van der Waals surface area contributed by atoms with E-state index in [4.69, 9.17) is 16.3 Å². The van der Waals surface area contributed by atoms with Crippen LogP contribution in [-0.4, -0.2) is 30.3 Å². The Hall–Kier alpha value is -1.01. The molecule has 2 fully saturated rings. The van der Waals surface area contributed by atoms with Crippen LogP contribution in [0.4, 0.5) is 19.0 Å². The quantitative estimate of drug-likeness (QED) is 0.750. The molecular weight excluding hydrogens is 341 g/mol. The van der Waals surface area contributed by atoms with Gasteiger partial charge in [-0.25, -0.2) is 4.98 Å². The van der Waals surface area contributed by atoms with Crippen molar-refractivity contribution in [3.8, 4) is 0 Å². The van der Waals surface area contributed by atoms with Crippen LogP contribution in [0.3, 0.4) is 0 Å². The normalized spacial score (nSPS) is 21.2. The first-order valence-corrected chi connectivity index (χ1v) is 8.94. The fourth-order valence-corrected chi connectivity index (χ4v) is 3.78. The van der Waals surface area contributed by atoms with Crippen LogP contribution in [0.25, 0.3) is 0 Å². The standard InChI is InChI=1S/C17H22ClF3N2O/c18-15-10-12(17(19,20)21)11-22-16(15)23-8-6-14(7-9-23)24-13-4-2-1-3-5-13/h10-11,13-14H,1-9H2. The molecule has 2 heterocycles. The number of halogens is 4. The number of ether oxygens (including phenoxy) is 1. The molecule has 0 spiro atoms. The van der Waals surface area contributed by atoms with E-state index in [0.29, 0.717) is 25.0 Å². The summed E-state index contributed by atoms with van der Waals surface area (Å²) in [6.07, 6.45) is 4.84. The van der Waals surface area contributed by atoms with Crippen LogP contribution in [0.2, 0.25) is 5.02 Å². The van der Waals surface area contributed by atoms with Crippen molar-refractivity contribution >= 4 is 17.4 Å². The third-order valence-electron chi connectivity index (χ3n) is 4.83. The first kappa shape index (κ1) is 17.8. The van der Waals surface area contributed by atoms with Crippen LogP contribution >= 0.6 is 11.6 Å². The molecule has 1 aromatic heterocycles. The van der Waals surface area contributed by atoms with Crippen LogP contribution in [0, 0.1) is 0 Å². The van der Waals surface area contributed by atoms with E-state index in [2.05, 4.69) is 4.98 Å². The van der Waals surface area contributed by atoms with Gasteiger partial charge >= 0.3 is 6.18 Å². The Morgan fingerprint density at radius 3 is 2.25 bits per heavy atom. The fraction of sp³-hybridized carbons (Fsp3) is 0.706. The average molecular weight is 363 g/mol. The second kappa shape index (κ2) is 7.48. The number of rotatable bonds is 3. The molecule has 1 aromatic rings. The smallest absolute Gasteiger partial charge is 0.375 e. The van der Waals surface area contributed by atoms with E-state index in [1.54, 1.807) is 0 Å². The summed E-state index contributed by atoms with van der Waals surface area (Å²) in [5.74, 6) is 0.431. The summed E-state index contributed by atoms with van der Waals surface area (Å²) in [6, 6.07) is 0.953. The summed E-state index contributed by atoms with van der Waals surface area (Å²) in [4.78, 5) is 5.89. The molecule has 0 aromatic carbocycles. The van der Waals surface area contributed by atoms with Gasteiger partial charge in [-0.3, -0.25) is 0 Å². The molecular formula is C17H22ClF3N2O. The first-order valence-electron chi connectivity index (χ1n) is 8.56. The highest BCUT2D eigenvalue weighted by molar-refractivity contribution is 6.33. The number of piperidine rings is 1. The second-order valence-corrected chi connectivity index (χ2v) is 7.02. The maximum absolute atomic E-state index is 12.7. The Labute approximate surface area is 145 Å². The molecule has 3 rings (SSSR count). The molecule has 0 unspecified atom stereocenters. The summed E-state index contributed by atoms with van der Waals surface area (Å²) in [7, 11) is 0. The van der Waals surface area contributed by atoms with Gasteiger partial charge in [-0.2, -0.15) is 13.2 Å². The third-order valence-corrected chi connectivity index (χ3v) is 5.11. The molecule has 1 saturated heterocycles. The Kier molecular flexibility index (Phi) is 5.55. The Bertz CT molecular complexity index is 553. The molecule has 134 valence electrons. The average Bonchev–Trinajstić information content (AvgIpc) is 2.56. The van der Waals surface area contributed by atoms with Crippen molar-refractivity contribution < 1.29 is 17.9 Å². The molecule has 0 amide bonds. The molecule has 1 saturated carbocycles. The largest absolute Gasteiger partial charge is 0.417 e. The second-order valence-electron chi connectivity index (χ2n) is 6.61. The van der Waals surface area contributed by atoms with Crippen molar-refractivity contribution in [2.75, 3.05) is 18.0 Å². The summed E-state index contributed by atoms with van der Waals surface area (Å²) in [6.45, 7) is 1.41. The number of aromatic nitrogens is 1. The summed E-state index contributed by atoms with van der Waals surface area (Å²) in [5.41, 5.74) is -0.813. The zero-order valence-electron chi connectivity index (χ0n) is 13.5. The zero-order chi connectivity index (χ0) is 17.2. The van der Waals surface area contributed by atoms with Gasteiger partial charge in [0, 0.05) is 19.3 Å². The predicted octanol–water partition coefficient (Wildman–Crippen LogP) is 5.07. The van der Waals surface area contributed by atoms with Gasteiger partial charge < -0.3 is 9.64 Å². The van der Waals surface area contributed by atoms with Crippen molar-refractivity contribution in [2.24, 2.45) is 0 Å². The topological polar surface area (TPSA) is 25.4 Å². The molecule has 7 heteroatoms. The highest BCUT2D eigenvalue weighted by Gasteiger charge is 2.32. The maximum Gasteiger partial charge on any atom is 0.417 e. The maximum atomic E-state index is 12.7. The van der Waals surface area contributed by atoms with Crippen LogP contribution < -0.4 is 4.90 Å². The van der Waals surface area contributed by atoms with Gasteiger partial charge in [0.15, 0.2) is 0 Å². The van der Waals surface area contributed by atoms with E-state index in [0.717, 1.165) is 37.9 Å². The summed E-state index contributed by atoms with van der Waals surface area (Å²) in [5, 5.41) is 0.0523. The van der Waals surface area contributed by atoms with Crippen molar-refractivity contribution in [1.29, 1.82) is 0 Å². The molecule has 1 aliphatic carbocycles. The lowest BCUT2D eigenvalue weighted by Crippen LogP contribution is -2.39. The van der Waals surface area contributed by atoms with Crippen LogP contribution in [-0.2, 0) is 10.9 Å². The SMILES string of the molecule is FC(F)(F)c1cnc(N2CCC(OC3CCCCC3)CC2)c(Cl)c1. The number of anilines is 1. The lowest BCUT2D eigenvalue weighted by atomic mass is 9.97. The van der Waals surface area contributed by atoms with Crippen molar-refractivity contribution in [3.05, 3.63) is 22.8 Å². The lowest BCUT2D eigenvalue weighted by Gasteiger charge is -2.35. The Morgan fingerprint density at radius 2 is 1.67 bits per heavy atom. The minimum Gasteiger partial charge on any atom is -0.375 e. The van der Waals surface area contributed by atoms with Gasteiger partial charge in [-0.15, -0.1) is 0 Å². The van der Waals surface area contributed by atoms with Gasteiger partial charge in [-0.05, 0) is 31.7 Å². The van der Waals surface area contributed by atoms with E-state index < -0.39 is 11.7 Å². The predicted molar refractivity (Wildman–Crippen MR) is 87.4 cm³/mol. The fourth-order valence-electron chi connectivity index (χ4n) is 3.50. The molecule has 0 atom stereocenters. The van der Waals surface area contributed by atoms with Crippen molar-refractivity contribution in [2.45, 2.75) is 63.3 Å². The van der Waals surface area contributed by atoms with Crippen molar-refractivity contribution in [3.63, 3.8) is 0 Å². The van der Waals surface area contributed by atoms with E-state index in [1.165, 1.54) is 19.3 Å². The van der Waals surface area contributed by atoms with Crippen LogP contribution in [0.1, 0.15) is 50.5 Å². The first-order chi connectivity index (χ1) is 11.4. The summed E-state index contributed by atoms with van der Waals surface area (Å²) < 4.78 is 44.2. The molecule has 0 radical (unpaired) electrons. The highest BCUT2D eigenvalue weighted by atomic mass is 35.5. The number of nitrogens with zero attached hydrogens (tertiary/aromatic N) is 2. The van der Waals surface area contributed by atoms with Gasteiger partial charge in [0.2, 0.25) is 0 Å². The van der Waals surface area contributed by atoms with Gasteiger partial charge in [0.05, 0.1) is 22.8 Å². The van der Waals surface area contributed by atoms with Gasteiger partial charge in [0.25, 0.3) is 0 Å². The minimum atomic E-state index is -4.42. The molecule has 2 aliphatic rings. The zero-order valence-corrected chi connectivity index (χ0v) is 14.2. The van der Waals surface area contributed by atoms with Crippen LogP contribution in [0.5, 0.6) is 0 Å².